The molecule has 0 spiro atoms. The molecule has 32 heavy (non-hydrogen) atoms. The van der Waals surface area contributed by atoms with E-state index in [0.717, 1.165) is 0 Å². The van der Waals surface area contributed by atoms with Gasteiger partial charge in [-0.2, -0.15) is 0 Å². The molecule has 0 unspecified atom stereocenters. The molecule has 9 heteroatoms. The third kappa shape index (κ3) is 4.84. The molecule has 0 bridgehead atoms. The Morgan fingerprint density at radius 2 is 1.62 bits per heavy atom. The largest absolute Gasteiger partial charge is 0.465 e. The zero-order valence-electron chi connectivity index (χ0n) is 17.6. The Hall–Kier alpha value is -4.40. The molecule has 0 saturated carbocycles. The first-order valence-corrected chi connectivity index (χ1v) is 9.35. The number of anilines is 1. The van der Waals surface area contributed by atoms with Crippen LogP contribution in [0.4, 0.5) is 5.69 Å². The summed E-state index contributed by atoms with van der Waals surface area (Å²) in [6.45, 7) is 0. The molecule has 1 aliphatic rings. The van der Waals surface area contributed by atoms with Crippen LogP contribution in [0.3, 0.4) is 0 Å². The maximum Gasteiger partial charge on any atom is 0.355 e. The second kappa shape index (κ2) is 10.1. The quantitative estimate of drug-likeness (QED) is 0.499. The smallest absolute Gasteiger partial charge is 0.355 e. The summed E-state index contributed by atoms with van der Waals surface area (Å²) in [6.07, 6.45) is 7.77. The average Bonchev–Trinajstić information content (AvgIpc) is 3.06. The Balaban J connectivity index is 1.99. The summed E-state index contributed by atoms with van der Waals surface area (Å²) in [5.74, 6) is -1.37. The van der Waals surface area contributed by atoms with Gasteiger partial charge in [-0.3, -0.25) is 0 Å². The Morgan fingerprint density at radius 3 is 2.34 bits per heavy atom. The van der Waals surface area contributed by atoms with Crippen LogP contribution in [-0.4, -0.2) is 44.2 Å². The molecule has 1 aliphatic heterocycles. The summed E-state index contributed by atoms with van der Waals surface area (Å²) in [5.41, 5.74) is 0.803. The molecule has 0 fully saturated rings. The molecule has 2 heterocycles. The summed E-state index contributed by atoms with van der Waals surface area (Å²) in [4.78, 5) is 42.2. The number of carbonyl (C=O) groups excluding carboxylic acids is 3. The number of esters is 3. The van der Waals surface area contributed by atoms with Gasteiger partial charge in [0.15, 0.2) is 0 Å². The van der Waals surface area contributed by atoms with E-state index < -0.39 is 17.9 Å². The van der Waals surface area contributed by atoms with E-state index in [9.17, 15) is 14.4 Å². The van der Waals surface area contributed by atoms with E-state index in [0.29, 0.717) is 11.4 Å². The van der Waals surface area contributed by atoms with Crippen LogP contribution in [0.25, 0.3) is 0 Å². The maximum absolute atomic E-state index is 12.6. The zero-order valence-corrected chi connectivity index (χ0v) is 17.6. The van der Waals surface area contributed by atoms with Crippen molar-refractivity contribution in [1.29, 1.82) is 0 Å². The molecule has 3 rings (SSSR count). The third-order valence-electron chi connectivity index (χ3n) is 4.36. The lowest BCUT2D eigenvalue weighted by Crippen LogP contribution is -2.26. The van der Waals surface area contributed by atoms with E-state index in [1.54, 1.807) is 42.6 Å². The van der Waals surface area contributed by atoms with Gasteiger partial charge in [0.25, 0.3) is 0 Å². The van der Waals surface area contributed by atoms with Crippen molar-refractivity contribution in [3.8, 4) is 11.6 Å². The predicted octanol–water partition coefficient (Wildman–Crippen LogP) is 3.15. The van der Waals surface area contributed by atoms with Crippen LogP contribution >= 0.6 is 0 Å². The van der Waals surface area contributed by atoms with Crippen molar-refractivity contribution in [3.63, 3.8) is 0 Å². The van der Waals surface area contributed by atoms with Crippen LogP contribution in [0.2, 0.25) is 0 Å². The van der Waals surface area contributed by atoms with E-state index in [2.05, 4.69) is 4.98 Å². The molecule has 0 aliphatic carbocycles. The van der Waals surface area contributed by atoms with E-state index in [1.807, 2.05) is 0 Å². The molecule has 1 aromatic heterocycles. The molecule has 0 atom stereocenters. The van der Waals surface area contributed by atoms with Crippen LogP contribution in [-0.2, 0) is 23.8 Å². The minimum Gasteiger partial charge on any atom is -0.465 e. The average molecular weight is 436 g/mol. The van der Waals surface area contributed by atoms with E-state index in [1.165, 1.54) is 50.6 Å². The van der Waals surface area contributed by atoms with E-state index >= 15 is 0 Å². The minimum absolute atomic E-state index is 0.0210. The summed E-state index contributed by atoms with van der Waals surface area (Å²) in [6, 6.07) is 9.69. The van der Waals surface area contributed by atoms with Gasteiger partial charge in [0.05, 0.1) is 32.5 Å². The van der Waals surface area contributed by atoms with Crippen LogP contribution in [0.5, 0.6) is 11.6 Å². The SMILES string of the molecule is COC(=O)C1=C(C(=O)OC)N(c2cccc(Oc3cc(C(=O)OC)ccn3)c2)C=CC=C1. The van der Waals surface area contributed by atoms with Crippen LogP contribution < -0.4 is 9.64 Å². The van der Waals surface area contributed by atoms with Gasteiger partial charge in [0.2, 0.25) is 5.88 Å². The molecule has 164 valence electrons. The monoisotopic (exact) mass is 436 g/mol. The first-order chi connectivity index (χ1) is 15.5. The Morgan fingerprint density at radius 1 is 0.875 bits per heavy atom. The highest BCUT2D eigenvalue weighted by Gasteiger charge is 2.27. The van der Waals surface area contributed by atoms with Crippen LogP contribution in [0.15, 0.2) is 78.3 Å². The normalized spacial score (nSPS) is 12.8. The molecule has 1 aromatic carbocycles. The Kier molecular flexibility index (Phi) is 7.02. The molecule has 9 nitrogen and oxygen atoms in total. The Bertz CT molecular complexity index is 1130. The van der Waals surface area contributed by atoms with Gasteiger partial charge in [-0.05, 0) is 30.4 Å². The Labute approximate surface area is 184 Å². The number of allylic oxidation sites excluding steroid dienone is 2. The number of aromatic nitrogens is 1. The molecule has 2 aromatic rings. The number of nitrogens with zero attached hydrogens (tertiary/aromatic N) is 2. The number of hydrogen-bond donors (Lipinski definition) is 0. The third-order valence-corrected chi connectivity index (χ3v) is 4.36. The van der Waals surface area contributed by atoms with Gasteiger partial charge in [-0.25, -0.2) is 19.4 Å². The van der Waals surface area contributed by atoms with Crippen molar-refractivity contribution in [3.05, 3.63) is 83.9 Å². The zero-order chi connectivity index (χ0) is 23.1. The highest BCUT2D eigenvalue weighted by molar-refractivity contribution is 6.05. The number of rotatable bonds is 6. The molecule has 0 N–H and O–H groups in total. The van der Waals surface area contributed by atoms with Crippen molar-refractivity contribution >= 4 is 23.6 Å². The molecule has 0 radical (unpaired) electrons. The standard InChI is InChI=1S/C23H20N2O7/c1-29-21(26)15-10-11-24-19(13-15)32-17-8-6-7-16(14-17)25-12-5-4-9-18(22(27)30-2)20(25)23(28)31-3/h4-14H,1-3H3. The van der Waals surface area contributed by atoms with Gasteiger partial charge >= 0.3 is 17.9 Å². The highest BCUT2D eigenvalue weighted by Crippen LogP contribution is 2.30. The van der Waals surface area contributed by atoms with Crippen molar-refractivity contribution in [2.24, 2.45) is 0 Å². The summed E-state index contributed by atoms with van der Waals surface area (Å²) >= 11 is 0. The molecule has 0 saturated heterocycles. The first-order valence-electron chi connectivity index (χ1n) is 9.35. The summed E-state index contributed by atoms with van der Waals surface area (Å²) in [7, 11) is 3.73. The lowest BCUT2D eigenvalue weighted by atomic mass is 10.1. The lowest BCUT2D eigenvalue weighted by Gasteiger charge is -2.23. The fourth-order valence-electron chi connectivity index (χ4n) is 2.89. The van der Waals surface area contributed by atoms with Crippen LogP contribution in [0.1, 0.15) is 10.4 Å². The second-order valence-electron chi connectivity index (χ2n) is 6.29. The number of carbonyl (C=O) groups is 3. The fraction of sp³-hybridized carbons (Fsp3) is 0.130. The van der Waals surface area contributed by atoms with Gasteiger partial charge < -0.3 is 23.8 Å². The second-order valence-corrected chi connectivity index (χ2v) is 6.29. The summed E-state index contributed by atoms with van der Waals surface area (Å²) < 4.78 is 20.2. The van der Waals surface area contributed by atoms with Crippen molar-refractivity contribution in [2.45, 2.75) is 0 Å². The number of methoxy groups -OCH3 is 3. The lowest BCUT2D eigenvalue weighted by molar-refractivity contribution is -0.139. The molecular weight excluding hydrogens is 416 g/mol. The van der Waals surface area contributed by atoms with Crippen molar-refractivity contribution in [2.75, 3.05) is 26.2 Å². The number of hydrogen-bond acceptors (Lipinski definition) is 9. The number of ether oxygens (including phenoxy) is 4. The van der Waals surface area contributed by atoms with Crippen LogP contribution in [0, 0.1) is 0 Å². The topological polar surface area (TPSA) is 104 Å². The van der Waals surface area contributed by atoms with Gasteiger partial charge in [0.1, 0.15) is 11.4 Å². The van der Waals surface area contributed by atoms with E-state index in [4.69, 9.17) is 18.9 Å². The van der Waals surface area contributed by atoms with E-state index in [-0.39, 0.29) is 22.7 Å². The predicted molar refractivity (Wildman–Crippen MR) is 114 cm³/mol. The highest BCUT2D eigenvalue weighted by atomic mass is 16.5. The number of pyridine rings is 1. The summed E-state index contributed by atoms with van der Waals surface area (Å²) in [5, 5.41) is 0. The molecule has 0 amide bonds. The molecular formula is C23H20N2O7. The first kappa shape index (κ1) is 22.3. The number of benzene rings is 1. The fourth-order valence-corrected chi connectivity index (χ4v) is 2.89. The van der Waals surface area contributed by atoms with Crippen molar-refractivity contribution < 1.29 is 33.3 Å². The minimum atomic E-state index is -0.722. The van der Waals surface area contributed by atoms with Crippen molar-refractivity contribution in [1.82, 2.24) is 4.98 Å². The van der Waals surface area contributed by atoms with Gasteiger partial charge in [0, 0.05) is 30.2 Å². The van der Waals surface area contributed by atoms with Gasteiger partial charge in [-0.1, -0.05) is 12.1 Å². The maximum atomic E-state index is 12.6. The van der Waals surface area contributed by atoms with Gasteiger partial charge in [-0.15, -0.1) is 0 Å².